The molecule has 4 rings (SSSR count). The number of carboxylic acids is 2. The third-order valence-electron chi connectivity index (χ3n) is 5.73. The van der Waals surface area contributed by atoms with Gasteiger partial charge in [-0.3, -0.25) is 14.5 Å². The number of thioether (sulfide) groups is 2. The van der Waals surface area contributed by atoms with E-state index >= 15 is 0 Å². The minimum Gasteiger partial charge on any atom is -0.478 e. The Balaban J connectivity index is 1.50. The average molecular weight is 628 g/mol. The summed E-state index contributed by atoms with van der Waals surface area (Å²) < 4.78 is 5.49. The first-order valence-electron chi connectivity index (χ1n) is 11.8. The quantitative estimate of drug-likeness (QED) is 0.0737. The van der Waals surface area contributed by atoms with Crippen molar-refractivity contribution in [3.05, 3.63) is 17.1 Å². The van der Waals surface area contributed by atoms with Crippen LogP contribution in [-0.4, -0.2) is 109 Å². The molecule has 2 aliphatic rings. The van der Waals surface area contributed by atoms with E-state index in [1.165, 1.54) is 37.4 Å². The Bertz CT molecular complexity index is 1420. The molecule has 2 amide bonds. The number of fused-ring (bicyclic) bond motifs is 1. The molecule has 18 nitrogen and oxygen atoms in total. The van der Waals surface area contributed by atoms with Crippen molar-refractivity contribution in [3.63, 3.8) is 0 Å². The van der Waals surface area contributed by atoms with Gasteiger partial charge in [0.1, 0.15) is 17.1 Å². The molecular formula is C20H25N11O7S3. The van der Waals surface area contributed by atoms with Crippen molar-refractivity contribution in [2.45, 2.75) is 49.0 Å². The number of carboxylic acid groups (broad SMARTS) is 2. The zero-order valence-electron chi connectivity index (χ0n) is 21.6. The van der Waals surface area contributed by atoms with Crippen LogP contribution in [0, 0.1) is 0 Å². The molecule has 4 heterocycles. The molecule has 1 saturated heterocycles. The Hall–Kier alpha value is -3.82. The molecule has 0 saturated carbocycles. The number of rotatable bonds is 13. The lowest BCUT2D eigenvalue weighted by atomic mass is 10.0. The molecule has 0 spiro atoms. The normalized spacial score (nSPS) is 19.0. The van der Waals surface area contributed by atoms with Crippen LogP contribution in [0.15, 0.2) is 21.6 Å². The first-order valence-corrected chi connectivity index (χ1v) is 14.6. The predicted molar refractivity (Wildman–Crippen MR) is 146 cm³/mol. The van der Waals surface area contributed by atoms with Crippen LogP contribution in [-0.2, 0) is 30.6 Å². The van der Waals surface area contributed by atoms with E-state index in [0.29, 0.717) is 30.2 Å². The largest absolute Gasteiger partial charge is 0.478 e. The first kappa shape index (κ1) is 30.1. The van der Waals surface area contributed by atoms with Gasteiger partial charge < -0.3 is 31.8 Å². The Labute approximate surface area is 244 Å². The molecule has 41 heavy (non-hydrogen) atoms. The maximum atomic E-state index is 13.2. The Morgan fingerprint density at radius 3 is 2.71 bits per heavy atom. The second-order valence-corrected chi connectivity index (χ2v) is 11.9. The van der Waals surface area contributed by atoms with Crippen LogP contribution in [0.2, 0.25) is 0 Å². The van der Waals surface area contributed by atoms with Crippen LogP contribution in [0.1, 0.15) is 26.1 Å². The van der Waals surface area contributed by atoms with Gasteiger partial charge in [-0.15, -0.1) is 16.9 Å². The number of aliphatic carboxylic acids is 2. The number of nitrogens with one attached hydrogen (secondary N) is 1. The third kappa shape index (κ3) is 6.41. The lowest BCUT2D eigenvalue weighted by Gasteiger charge is -2.49. The smallest absolute Gasteiger partial charge is 0.352 e. The summed E-state index contributed by atoms with van der Waals surface area (Å²) in [5, 5.41) is 36.7. The van der Waals surface area contributed by atoms with Gasteiger partial charge >= 0.3 is 11.9 Å². The highest BCUT2D eigenvalue weighted by molar-refractivity contribution is 8.01. The highest BCUT2D eigenvalue weighted by atomic mass is 32.2. The summed E-state index contributed by atoms with van der Waals surface area (Å²) in [7, 11) is 0. The molecule has 0 aliphatic carbocycles. The maximum Gasteiger partial charge on any atom is 0.352 e. The summed E-state index contributed by atoms with van der Waals surface area (Å²) in [6.07, 6.45) is 0.663. The van der Waals surface area contributed by atoms with Gasteiger partial charge in [0.05, 0.1) is 0 Å². The fraction of sp³-hybridized carbons (Fsp3) is 0.500. The standard InChI is InChI=1S/C20H25N11O7S3/c1-20(2,17(36)37)38-26-9(12-24-18(22)41-27-12)13(32)23-10-14(33)31-11(16(34)35)8(6-39-15(10)31)7-40-19-25-28-29-30(19)5-3-4-21/h10,15H,3-7,21H2,1-2H3,(H,23,32)(H,34,35)(H,36,37)(H2,22,24,27)/t10?,15-/m1/s1. The number of anilines is 1. The third-order valence-corrected chi connectivity index (χ3v) is 8.66. The average Bonchev–Trinajstić information content (AvgIpc) is 3.56. The van der Waals surface area contributed by atoms with E-state index in [1.807, 2.05) is 0 Å². The molecule has 220 valence electrons. The number of amides is 2. The Morgan fingerprint density at radius 2 is 2.07 bits per heavy atom. The van der Waals surface area contributed by atoms with Gasteiger partial charge in [-0.2, -0.15) is 9.36 Å². The number of nitrogens with zero attached hydrogens (tertiary/aromatic N) is 8. The van der Waals surface area contributed by atoms with Gasteiger partial charge in [-0.05, 0) is 42.8 Å². The lowest BCUT2D eigenvalue weighted by molar-refractivity contribution is -0.161. The molecular weight excluding hydrogens is 602 g/mol. The number of tetrazole rings is 1. The molecule has 0 bridgehead atoms. The van der Waals surface area contributed by atoms with Gasteiger partial charge in [0, 0.05) is 29.6 Å². The molecule has 0 radical (unpaired) electrons. The van der Waals surface area contributed by atoms with Crippen LogP contribution in [0.5, 0.6) is 0 Å². The summed E-state index contributed by atoms with van der Waals surface area (Å²) in [6, 6.07) is -1.10. The van der Waals surface area contributed by atoms with Crippen molar-refractivity contribution >= 4 is 69.7 Å². The van der Waals surface area contributed by atoms with Crippen molar-refractivity contribution in [2.24, 2.45) is 10.9 Å². The number of hydrogen-bond donors (Lipinski definition) is 5. The maximum absolute atomic E-state index is 13.2. The highest BCUT2D eigenvalue weighted by Crippen LogP contribution is 2.41. The minimum absolute atomic E-state index is 0.0155. The minimum atomic E-state index is -1.79. The number of nitrogens with two attached hydrogens (primary N) is 2. The second-order valence-electron chi connectivity index (χ2n) is 9.04. The molecule has 2 aromatic heterocycles. The molecule has 21 heteroatoms. The van der Waals surface area contributed by atoms with E-state index in [0.717, 1.165) is 16.4 Å². The van der Waals surface area contributed by atoms with Gasteiger partial charge in [0.2, 0.25) is 22.3 Å². The fourth-order valence-corrected chi connectivity index (χ4v) is 6.37. The number of β-lactam (4-membered cyclic amide) rings is 1. The number of nitrogen functional groups attached to an aromatic ring is 1. The summed E-state index contributed by atoms with van der Waals surface area (Å²) >= 11 is 3.27. The molecule has 1 fully saturated rings. The lowest BCUT2D eigenvalue weighted by Crippen LogP contribution is -2.71. The van der Waals surface area contributed by atoms with Gasteiger partial charge in [-0.25, -0.2) is 14.3 Å². The van der Waals surface area contributed by atoms with E-state index in [-0.39, 0.29) is 28.2 Å². The molecule has 0 aromatic carbocycles. The molecule has 2 aromatic rings. The fourth-order valence-electron chi connectivity index (χ4n) is 3.55. The Kier molecular flexibility index (Phi) is 9.09. The monoisotopic (exact) mass is 627 g/mol. The van der Waals surface area contributed by atoms with Crippen LogP contribution in [0.4, 0.5) is 5.13 Å². The van der Waals surface area contributed by atoms with E-state index in [1.54, 1.807) is 4.68 Å². The van der Waals surface area contributed by atoms with Crippen molar-refractivity contribution in [2.75, 3.05) is 23.8 Å². The zero-order chi connectivity index (χ0) is 29.9. The van der Waals surface area contributed by atoms with Crippen molar-refractivity contribution in [1.82, 2.24) is 39.8 Å². The van der Waals surface area contributed by atoms with Crippen LogP contribution in [0.25, 0.3) is 0 Å². The van der Waals surface area contributed by atoms with Crippen LogP contribution >= 0.6 is 35.1 Å². The van der Waals surface area contributed by atoms with Crippen LogP contribution < -0.4 is 16.8 Å². The Morgan fingerprint density at radius 1 is 1.32 bits per heavy atom. The second kappa shape index (κ2) is 12.4. The number of carbonyl (C=O) groups excluding carboxylic acids is 2. The zero-order valence-corrected chi connectivity index (χ0v) is 24.0. The summed E-state index contributed by atoms with van der Waals surface area (Å²) in [6.45, 7) is 3.41. The highest BCUT2D eigenvalue weighted by Gasteiger charge is 2.54. The molecule has 2 aliphatic heterocycles. The number of aryl methyl sites for hydroxylation is 1. The van der Waals surface area contributed by atoms with E-state index in [9.17, 15) is 29.4 Å². The predicted octanol–water partition coefficient (Wildman–Crippen LogP) is -1.43. The molecule has 7 N–H and O–H groups in total. The van der Waals surface area contributed by atoms with E-state index < -0.39 is 46.5 Å². The van der Waals surface area contributed by atoms with Gasteiger partial charge in [0.15, 0.2) is 5.13 Å². The summed E-state index contributed by atoms with van der Waals surface area (Å²) in [4.78, 5) is 59.9. The SMILES string of the molecule is CC(C)(ON=C(C(=O)NC1C(=O)N2C(C(=O)O)=C(CSc3nnnn3CCCN)CS[C@H]12)c1nsc(N)n1)C(=O)O. The number of carbonyl (C=O) groups is 4. The summed E-state index contributed by atoms with van der Waals surface area (Å²) in [5.74, 6) is -3.97. The number of hydrogen-bond acceptors (Lipinski definition) is 16. The summed E-state index contributed by atoms with van der Waals surface area (Å²) in [5.41, 5.74) is 9.18. The van der Waals surface area contributed by atoms with Crippen molar-refractivity contribution in [1.29, 1.82) is 0 Å². The topological polar surface area (TPSA) is 267 Å². The van der Waals surface area contributed by atoms with E-state index in [2.05, 4.69) is 35.4 Å². The number of oxime groups is 1. The van der Waals surface area contributed by atoms with Gasteiger partial charge in [0.25, 0.3) is 11.8 Å². The van der Waals surface area contributed by atoms with Gasteiger partial charge in [-0.1, -0.05) is 16.9 Å². The van der Waals surface area contributed by atoms with E-state index in [4.69, 9.17) is 16.3 Å². The molecule has 2 atom stereocenters. The molecule has 1 unspecified atom stereocenters. The van der Waals surface area contributed by atoms with Crippen molar-refractivity contribution in [3.8, 4) is 0 Å². The van der Waals surface area contributed by atoms with Crippen LogP contribution in [0.3, 0.4) is 0 Å². The van der Waals surface area contributed by atoms with Crippen molar-refractivity contribution < 1.29 is 34.2 Å². The number of aromatic nitrogens is 6. The first-order chi connectivity index (χ1) is 19.4.